The molecule has 0 spiro atoms. The van der Waals surface area contributed by atoms with Gasteiger partial charge in [-0.05, 0) is 50.5 Å². The molecule has 0 aliphatic heterocycles. The van der Waals surface area contributed by atoms with Gasteiger partial charge in [0.1, 0.15) is 11.4 Å². The van der Waals surface area contributed by atoms with Crippen molar-refractivity contribution in [2.24, 2.45) is 0 Å². The lowest BCUT2D eigenvalue weighted by atomic mass is 9.95. The Morgan fingerprint density at radius 3 is 2.62 bits per heavy atom. The molecule has 2 heterocycles. The van der Waals surface area contributed by atoms with E-state index in [1.807, 2.05) is 32.0 Å². The maximum absolute atomic E-state index is 13.0. The number of H-pyrrole nitrogens is 2. The van der Waals surface area contributed by atoms with Gasteiger partial charge in [-0.2, -0.15) is 0 Å². The molecule has 2 aromatic heterocycles. The van der Waals surface area contributed by atoms with Gasteiger partial charge in [0.2, 0.25) is 5.95 Å². The number of imidazole rings is 2. The molecule has 1 aliphatic carbocycles. The Morgan fingerprint density at radius 1 is 1.00 bits per heavy atom. The number of nitrogens with one attached hydrogen (secondary N) is 5. The van der Waals surface area contributed by atoms with E-state index in [-0.39, 0.29) is 35.9 Å². The lowest BCUT2D eigenvalue weighted by molar-refractivity contribution is -0.124. The second kappa shape index (κ2) is 11.4. The largest absolute Gasteiger partial charge is 0.484 e. The molecule has 11 heteroatoms. The van der Waals surface area contributed by atoms with E-state index >= 15 is 0 Å². The molecule has 0 unspecified atom stereocenters. The third-order valence-electron chi connectivity index (χ3n) is 6.74. The number of benzene rings is 2. The number of ether oxygens (including phenoxy) is 1. The Morgan fingerprint density at radius 2 is 1.82 bits per heavy atom. The third kappa shape index (κ3) is 6.25. The van der Waals surface area contributed by atoms with Gasteiger partial charge in [0.05, 0.1) is 17.4 Å². The van der Waals surface area contributed by atoms with Gasteiger partial charge in [-0.3, -0.25) is 19.7 Å². The van der Waals surface area contributed by atoms with Crippen LogP contribution in [-0.2, 0) is 4.79 Å². The Kier molecular flexibility index (Phi) is 7.57. The Hall–Kier alpha value is -4.67. The van der Waals surface area contributed by atoms with Gasteiger partial charge in [-0.15, -0.1) is 0 Å². The zero-order valence-electron chi connectivity index (χ0n) is 21.9. The molecule has 4 aromatic rings. The molecule has 0 bridgehead atoms. The normalized spacial score (nSPS) is 13.7. The SMILES string of the molecule is Cc1ccc(NC(=O)c2nc[nH]c2C(=O)Nc2nc3cc(OCC(=O)NC4CCCCC4)ccc3[nH]2)c(C)c1. The third-order valence-corrected chi connectivity index (χ3v) is 6.74. The summed E-state index contributed by atoms with van der Waals surface area (Å²) < 4.78 is 5.66. The molecule has 1 saturated carbocycles. The summed E-state index contributed by atoms with van der Waals surface area (Å²) in [5.41, 5.74) is 3.81. The predicted molar refractivity (Wildman–Crippen MR) is 147 cm³/mol. The van der Waals surface area contributed by atoms with Gasteiger partial charge in [0.15, 0.2) is 12.3 Å². The number of aromatic amines is 2. The quantitative estimate of drug-likeness (QED) is 0.230. The van der Waals surface area contributed by atoms with Crippen LogP contribution in [0.5, 0.6) is 5.75 Å². The first kappa shape index (κ1) is 26.0. The number of hydrogen-bond donors (Lipinski definition) is 5. The number of fused-ring (bicyclic) bond motifs is 1. The first-order chi connectivity index (χ1) is 18.9. The molecule has 1 fully saturated rings. The van der Waals surface area contributed by atoms with Gasteiger partial charge < -0.3 is 25.3 Å². The zero-order chi connectivity index (χ0) is 27.4. The number of rotatable bonds is 8. The predicted octanol–water partition coefficient (Wildman–Crippen LogP) is 4.24. The molecular weight excluding hydrogens is 498 g/mol. The van der Waals surface area contributed by atoms with Crippen molar-refractivity contribution in [2.75, 3.05) is 17.2 Å². The van der Waals surface area contributed by atoms with E-state index in [0.717, 1.165) is 36.8 Å². The molecule has 3 amide bonds. The van der Waals surface area contributed by atoms with Crippen LogP contribution in [0, 0.1) is 13.8 Å². The number of amides is 3. The lowest BCUT2D eigenvalue weighted by Gasteiger charge is -2.22. The van der Waals surface area contributed by atoms with Crippen molar-refractivity contribution in [3.8, 4) is 5.75 Å². The molecule has 5 N–H and O–H groups in total. The van der Waals surface area contributed by atoms with Crippen LogP contribution in [-0.4, -0.2) is 50.3 Å². The van der Waals surface area contributed by atoms with E-state index in [4.69, 9.17) is 4.74 Å². The van der Waals surface area contributed by atoms with E-state index in [1.165, 1.54) is 12.7 Å². The molecule has 5 rings (SSSR count). The highest BCUT2D eigenvalue weighted by Crippen LogP contribution is 2.22. The van der Waals surface area contributed by atoms with Crippen molar-refractivity contribution >= 4 is 40.4 Å². The number of aromatic nitrogens is 4. The first-order valence-electron chi connectivity index (χ1n) is 13.0. The molecule has 202 valence electrons. The number of nitrogens with zero attached hydrogens (tertiary/aromatic N) is 2. The smallest absolute Gasteiger partial charge is 0.276 e. The number of hydrogen-bond acceptors (Lipinski definition) is 6. The summed E-state index contributed by atoms with van der Waals surface area (Å²) in [6.07, 6.45) is 6.82. The average Bonchev–Trinajstić information content (AvgIpc) is 3.56. The summed E-state index contributed by atoms with van der Waals surface area (Å²) in [6.45, 7) is 3.78. The van der Waals surface area contributed by atoms with Crippen LogP contribution in [0.1, 0.15) is 64.2 Å². The van der Waals surface area contributed by atoms with Gasteiger partial charge in [-0.25, -0.2) is 9.97 Å². The monoisotopic (exact) mass is 529 g/mol. The summed E-state index contributed by atoms with van der Waals surface area (Å²) >= 11 is 0. The van der Waals surface area contributed by atoms with Crippen LogP contribution in [0.3, 0.4) is 0 Å². The second-order valence-corrected chi connectivity index (χ2v) is 9.81. The van der Waals surface area contributed by atoms with E-state index in [2.05, 4.69) is 35.9 Å². The van der Waals surface area contributed by atoms with Crippen LogP contribution in [0.25, 0.3) is 11.0 Å². The van der Waals surface area contributed by atoms with Crippen LogP contribution in [0.2, 0.25) is 0 Å². The second-order valence-electron chi connectivity index (χ2n) is 9.81. The van der Waals surface area contributed by atoms with E-state index in [0.29, 0.717) is 22.5 Å². The Labute approximate surface area is 225 Å². The van der Waals surface area contributed by atoms with Crippen molar-refractivity contribution in [2.45, 2.75) is 52.0 Å². The number of aryl methyl sites for hydroxylation is 2. The van der Waals surface area contributed by atoms with Crippen LogP contribution < -0.4 is 20.7 Å². The van der Waals surface area contributed by atoms with E-state index < -0.39 is 11.8 Å². The van der Waals surface area contributed by atoms with E-state index in [9.17, 15) is 14.4 Å². The minimum atomic E-state index is -0.576. The minimum absolute atomic E-state index is 0.00530. The Bertz CT molecular complexity index is 1520. The Balaban J connectivity index is 1.21. The van der Waals surface area contributed by atoms with E-state index in [1.54, 1.807) is 18.2 Å². The summed E-state index contributed by atoms with van der Waals surface area (Å²) in [5.74, 6) is -0.545. The molecule has 39 heavy (non-hydrogen) atoms. The molecular formula is C28H31N7O4. The fraction of sp³-hybridized carbons (Fsp3) is 0.321. The lowest BCUT2D eigenvalue weighted by Crippen LogP contribution is -2.38. The number of anilines is 2. The van der Waals surface area contributed by atoms with Crippen LogP contribution >= 0.6 is 0 Å². The van der Waals surface area contributed by atoms with Gasteiger partial charge >= 0.3 is 0 Å². The number of carbonyl (C=O) groups excluding carboxylic acids is 3. The maximum atomic E-state index is 13.0. The summed E-state index contributed by atoms with van der Waals surface area (Å²) in [4.78, 5) is 52.3. The van der Waals surface area contributed by atoms with Gasteiger partial charge in [0, 0.05) is 17.8 Å². The molecule has 0 atom stereocenters. The summed E-state index contributed by atoms with van der Waals surface area (Å²) in [7, 11) is 0. The summed E-state index contributed by atoms with van der Waals surface area (Å²) in [5, 5.41) is 8.49. The minimum Gasteiger partial charge on any atom is -0.484 e. The highest BCUT2D eigenvalue weighted by atomic mass is 16.5. The van der Waals surface area contributed by atoms with Gasteiger partial charge in [-0.1, -0.05) is 37.0 Å². The standard InChI is InChI=1S/C28H31N7O4/c1-16-8-10-20(17(2)12-16)32-26(37)24-25(30-15-29-24)27(38)35-28-33-21-11-9-19(13-22(21)34-28)39-14-23(36)31-18-6-4-3-5-7-18/h8-13,15,18H,3-7,14H2,1-2H3,(H,29,30)(H,31,36)(H,32,37)(H2,33,34,35,38). The van der Waals surface area contributed by atoms with Gasteiger partial charge in [0.25, 0.3) is 17.7 Å². The molecule has 1 aliphatic rings. The van der Waals surface area contributed by atoms with Crippen LogP contribution in [0.15, 0.2) is 42.7 Å². The van der Waals surface area contributed by atoms with Crippen molar-refractivity contribution in [1.29, 1.82) is 0 Å². The van der Waals surface area contributed by atoms with Crippen molar-refractivity contribution in [3.05, 3.63) is 65.2 Å². The van der Waals surface area contributed by atoms with Crippen molar-refractivity contribution in [3.63, 3.8) is 0 Å². The fourth-order valence-electron chi connectivity index (χ4n) is 4.74. The topological polar surface area (TPSA) is 154 Å². The average molecular weight is 530 g/mol. The zero-order valence-corrected chi connectivity index (χ0v) is 21.9. The first-order valence-corrected chi connectivity index (χ1v) is 13.0. The molecule has 11 nitrogen and oxygen atoms in total. The van der Waals surface area contributed by atoms with Crippen molar-refractivity contribution in [1.82, 2.24) is 25.3 Å². The number of carbonyl (C=O) groups is 3. The molecule has 0 radical (unpaired) electrons. The highest BCUT2D eigenvalue weighted by molar-refractivity contribution is 6.13. The molecule has 0 saturated heterocycles. The summed E-state index contributed by atoms with van der Waals surface area (Å²) in [6, 6.07) is 11.1. The van der Waals surface area contributed by atoms with Crippen LogP contribution in [0.4, 0.5) is 11.6 Å². The highest BCUT2D eigenvalue weighted by Gasteiger charge is 2.22. The van der Waals surface area contributed by atoms with Crippen molar-refractivity contribution < 1.29 is 19.1 Å². The maximum Gasteiger partial charge on any atom is 0.276 e. The fourth-order valence-corrected chi connectivity index (χ4v) is 4.74. The molecule has 2 aromatic carbocycles.